The predicted octanol–water partition coefficient (Wildman–Crippen LogP) is 1.39. The van der Waals surface area contributed by atoms with E-state index in [4.69, 9.17) is 21.8 Å². The van der Waals surface area contributed by atoms with Crippen LogP contribution in [-0.4, -0.2) is 41.0 Å². The highest BCUT2D eigenvalue weighted by molar-refractivity contribution is 6.35. The van der Waals surface area contributed by atoms with E-state index in [0.29, 0.717) is 10.6 Å². The van der Waals surface area contributed by atoms with E-state index in [9.17, 15) is 14.7 Å². The fourth-order valence-corrected chi connectivity index (χ4v) is 3.07. The van der Waals surface area contributed by atoms with Crippen LogP contribution in [0.3, 0.4) is 0 Å². The number of β-amino-alcohol motifs (C(OH)–C–C–N with tert-alkyl or cyclic N) is 1. The number of rotatable bonds is 3. The second kappa shape index (κ2) is 5.62. The minimum atomic E-state index is -0.772. The van der Waals surface area contributed by atoms with Gasteiger partial charge in [-0.1, -0.05) is 11.6 Å². The van der Waals surface area contributed by atoms with E-state index in [-0.39, 0.29) is 36.9 Å². The molecule has 1 fully saturated rings. The van der Waals surface area contributed by atoms with Crippen LogP contribution in [0.1, 0.15) is 16.8 Å². The molecule has 6 nitrogen and oxygen atoms in total. The zero-order chi connectivity index (χ0) is 15.9. The number of aliphatic hydroxyl groups excluding tert-OH is 1. The van der Waals surface area contributed by atoms with Gasteiger partial charge in [-0.05, 0) is 18.2 Å². The number of likely N-dealkylation sites (tertiary alicyclic amines) is 1. The van der Waals surface area contributed by atoms with Crippen molar-refractivity contribution in [2.45, 2.75) is 12.5 Å². The maximum Gasteiger partial charge on any atom is 0.259 e. The first-order valence-electron chi connectivity index (χ1n) is 6.88. The van der Waals surface area contributed by atoms with Crippen molar-refractivity contribution in [3.05, 3.63) is 35.0 Å². The lowest BCUT2D eigenvalue weighted by molar-refractivity contribution is -0.119. The van der Waals surface area contributed by atoms with E-state index in [0.717, 1.165) is 5.39 Å². The smallest absolute Gasteiger partial charge is 0.259 e. The molecule has 0 aliphatic carbocycles. The first-order chi connectivity index (χ1) is 10.5. The molecule has 3 N–H and O–H groups in total. The molecule has 116 valence electrons. The molecule has 22 heavy (non-hydrogen) atoms. The van der Waals surface area contributed by atoms with E-state index in [1.165, 1.54) is 11.2 Å². The molecule has 0 unspecified atom stereocenters. The number of furan rings is 1. The van der Waals surface area contributed by atoms with Gasteiger partial charge in [-0.15, -0.1) is 0 Å². The second-order valence-electron chi connectivity index (χ2n) is 5.47. The standard InChI is InChI=1S/C15H15ClN2O4/c16-10-2-1-8-3-4-22-14(8)13(10)15(21)18-6-9(5-12(17)20)11(19)7-18/h1-4,9,11,19H,5-7H2,(H2,17,20)/t9-,11-/m1/s1. The van der Waals surface area contributed by atoms with Crippen molar-refractivity contribution in [1.82, 2.24) is 4.90 Å². The Morgan fingerprint density at radius 3 is 2.86 bits per heavy atom. The lowest BCUT2D eigenvalue weighted by Gasteiger charge is -2.17. The molecule has 1 aromatic heterocycles. The SMILES string of the molecule is NC(=O)C[C@@H]1CN(C(=O)c2c(Cl)ccc3ccoc23)C[C@H]1O. The molecule has 2 heterocycles. The Kier molecular flexibility index (Phi) is 3.80. The molecule has 2 amide bonds. The van der Waals surface area contributed by atoms with Crippen LogP contribution in [0.25, 0.3) is 11.0 Å². The molecule has 0 bridgehead atoms. The largest absolute Gasteiger partial charge is 0.463 e. The van der Waals surface area contributed by atoms with Crippen LogP contribution in [0.5, 0.6) is 0 Å². The summed E-state index contributed by atoms with van der Waals surface area (Å²) >= 11 is 6.15. The molecule has 1 aliphatic heterocycles. The van der Waals surface area contributed by atoms with Crippen molar-refractivity contribution >= 4 is 34.4 Å². The van der Waals surface area contributed by atoms with Gasteiger partial charge in [0.1, 0.15) is 11.1 Å². The van der Waals surface area contributed by atoms with Crippen molar-refractivity contribution in [2.75, 3.05) is 13.1 Å². The number of halogens is 1. The highest BCUT2D eigenvalue weighted by Gasteiger charge is 2.36. The molecular formula is C15H15ClN2O4. The van der Waals surface area contributed by atoms with Crippen molar-refractivity contribution in [3.63, 3.8) is 0 Å². The normalized spacial score (nSPS) is 21.5. The van der Waals surface area contributed by atoms with Gasteiger partial charge in [-0.2, -0.15) is 0 Å². The minimum absolute atomic E-state index is 0.0453. The van der Waals surface area contributed by atoms with Gasteiger partial charge in [-0.25, -0.2) is 0 Å². The zero-order valence-electron chi connectivity index (χ0n) is 11.7. The molecule has 0 saturated carbocycles. The van der Waals surface area contributed by atoms with E-state index in [2.05, 4.69) is 0 Å². The Bertz CT molecular complexity index is 742. The Morgan fingerprint density at radius 2 is 2.14 bits per heavy atom. The second-order valence-corrected chi connectivity index (χ2v) is 5.88. The van der Waals surface area contributed by atoms with Crippen molar-refractivity contribution in [1.29, 1.82) is 0 Å². The lowest BCUT2D eigenvalue weighted by atomic mass is 10.0. The van der Waals surface area contributed by atoms with Crippen LogP contribution >= 0.6 is 11.6 Å². The van der Waals surface area contributed by atoms with Crippen molar-refractivity contribution in [2.24, 2.45) is 11.7 Å². The molecule has 7 heteroatoms. The Morgan fingerprint density at radius 1 is 1.36 bits per heavy atom. The maximum atomic E-state index is 12.7. The third-order valence-corrected chi connectivity index (χ3v) is 4.26. The highest BCUT2D eigenvalue weighted by Crippen LogP contribution is 2.30. The topological polar surface area (TPSA) is 96.8 Å². The molecule has 1 aromatic carbocycles. The number of primary amides is 1. The van der Waals surface area contributed by atoms with Crippen LogP contribution < -0.4 is 5.73 Å². The van der Waals surface area contributed by atoms with E-state index >= 15 is 0 Å². The summed E-state index contributed by atoms with van der Waals surface area (Å²) in [4.78, 5) is 25.2. The number of benzene rings is 1. The average Bonchev–Trinajstić information content (AvgIpc) is 3.05. The van der Waals surface area contributed by atoms with E-state index < -0.39 is 12.0 Å². The van der Waals surface area contributed by atoms with Gasteiger partial charge in [-0.3, -0.25) is 9.59 Å². The Labute approximate surface area is 131 Å². The first-order valence-corrected chi connectivity index (χ1v) is 7.26. The van der Waals surface area contributed by atoms with E-state index in [1.807, 2.05) is 0 Å². The van der Waals surface area contributed by atoms with Gasteiger partial charge < -0.3 is 20.2 Å². The van der Waals surface area contributed by atoms with Crippen LogP contribution in [0.15, 0.2) is 28.9 Å². The average molecular weight is 323 g/mol. The van der Waals surface area contributed by atoms with Gasteiger partial charge in [0.15, 0.2) is 0 Å². The number of carbonyl (C=O) groups is 2. The lowest BCUT2D eigenvalue weighted by Crippen LogP contribution is -2.30. The molecule has 2 atom stereocenters. The van der Waals surface area contributed by atoms with Crippen molar-refractivity contribution < 1.29 is 19.1 Å². The fraction of sp³-hybridized carbons (Fsp3) is 0.333. The van der Waals surface area contributed by atoms with Crippen LogP contribution in [0, 0.1) is 5.92 Å². The summed E-state index contributed by atoms with van der Waals surface area (Å²) in [6.45, 7) is 0.403. The molecule has 0 spiro atoms. The third kappa shape index (κ3) is 2.55. The van der Waals surface area contributed by atoms with Crippen LogP contribution in [-0.2, 0) is 4.79 Å². The molecule has 1 aliphatic rings. The number of hydrogen-bond acceptors (Lipinski definition) is 4. The van der Waals surface area contributed by atoms with Gasteiger partial charge >= 0.3 is 0 Å². The number of nitrogens with zero attached hydrogens (tertiary/aromatic N) is 1. The molecular weight excluding hydrogens is 308 g/mol. The molecule has 3 rings (SSSR count). The maximum absolute atomic E-state index is 12.7. The molecule has 1 saturated heterocycles. The number of amides is 2. The summed E-state index contributed by atoms with van der Waals surface area (Å²) in [5.41, 5.74) is 5.86. The number of nitrogens with two attached hydrogens (primary N) is 1. The zero-order valence-corrected chi connectivity index (χ0v) is 12.4. The number of hydrogen-bond donors (Lipinski definition) is 2. The monoisotopic (exact) mass is 322 g/mol. The quantitative estimate of drug-likeness (QED) is 0.892. The predicted molar refractivity (Wildman–Crippen MR) is 80.4 cm³/mol. The summed E-state index contributed by atoms with van der Waals surface area (Å²) in [5, 5.41) is 11.1. The summed E-state index contributed by atoms with van der Waals surface area (Å²) in [7, 11) is 0. The summed E-state index contributed by atoms with van der Waals surface area (Å²) in [5.74, 6) is -1.17. The van der Waals surface area contributed by atoms with Crippen LogP contribution in [0.2, 0.25) is 5.02 Å². The third-order valence-electron chi connectivity index (χ3n) is 3.94. The van der Waals surface area contributed by atoms with Gasteiger partial charge in [0.25, 0.3) is 5.91 Å². The van der Waals surface area contributed by atoms with Gasteiger partial charge in [0, 0.05) is 30.8 Å². The highest BCUT2D eigenvalue weighted by atomic mass is 35.5. The number of fused-ring (bicyclic) bond motifs is 1. The number of carbonyl (C=O) groups excluding carboxylic acids is 2. The fourth-order valence-electron chi connectivity index (χ4n) is 2.84. The van der Waals surface area contributed by atoms with Gasteiger partial charge in [0.05, 0.1) is 17.4 Å². The molecule has 2 aromatic rings. The van der Waals surface area contributed by atoms with Crippen LogP contribution in [0.4, 0.5) is 0 Å². The minimum Gasteiger partial charge on any atom is -0.463 e. The molecule has 0 radical (unpaired) electrons. The summed E-state index contributed by atoms with van der Waals surface area (Å²) < 4.78 is 5.36. The van der Waals surface area contributed by atoms with Crippen molar-refractivity contribution in [3.8, 4) is 0 Å². The summed E-state index contributed by atoms with van der Waals surface area (Å²) in [6.07, 6.45) is 0.766. The number of aliphatic hydroxyl groups is 1. The Balaban J connectivity index is 1.89. The van der Waals surface area contributed by atoms with E-state index in [1.54, 1.807) is 18.2 Å². The Hall–Kier alpha value is -2.05. The first kappa shape index (κ1) is 14.9. The summed E-state index contributed by atoms with van der Waals surface area (Å²) in [6, 6.07) is 5.16. The van der Waals surface area contributed by atoms with Gasteiger partial charge in [0.2, 0.25) is 5.91 Å².